The maximum absolute atomic E-state index is 13.0. The highest BCUT2D eigenvalue weighted by Crippen LogP contribution is 2.34. The van der Waals surface area contributed by atoms with Crippen LogP contribution < -0.4 is 15.0 Å². The van der Waals surface area contributed by atoms with Gasteiger partial charge in [0.25, 0.3) is 0 Å². The molecule has 3 aromatic carbocycles. The van der Waals surface area contributed by atoms with Crippen LogP contribution in [0.15, 0.2) is 78.0 Å². The first-order chi connectivity index (χ1) is 21.8. The molecule has 1 aliphatic rings. The van der Waals surface area contributed by atoms with Gasteiger partial charge in [-0.1, -0.05) is 68.9 Å². The number of rotatable bonds is 8. The number of aryl methyl sites for hydroxylation is 1. The van der Waals surface area contributed by atoms with Gasteiger partial charge in [0.15, 0.2) is 11.0 Å². The monoisotopic (exact) mass is 650 g/mol. The average Bonchev–Trinajstić information content (AvgIpc) is 3.63. The topological polar surface area (TPSA) is 102 Å². The lowest BCUT2D eigenvalue weighted by molar-refractivity contribution is -0.274. The molecule has 0 aliphatic carbocycles. The highest BCUT2D eigenvalue weighted by molar-refractivity contribution is 8.15. The number of thioether (sulfide) groups is 1. The third kappa shape index (κ3) is 7.58. The van der Waals surface area contributed by atoms with Gasteiger partial charge in [-0.3, -0.25) is 9.69 Å². The summed E-state index contributed by atoms with van der Waals surface area (Å²) < 4.78 is 42.7. The van der Waals surface area contributed by atoms with Crippen LogP contribution in [-0.2, 0) is 4.79 Å². The fourth-order valence-electron chi connectivity index (χ4n) is 5.00. The largest absolute Gasteiger partial charge is 0.573 e. The maximum Gasteiger partial charge on any atom is 0.573 e. The number of alkyl halides is 3. The minimum Gasteiger partial charge on any atom is -0.406 e. The van der Waals surface area contributed by atoms with Crippen molar-refractivity contribution in [1.29, 1.82) is 0 Å². The molecular weight excluding hydrogens is 617 g/mol. The second-order valence-corrected chi connectivity index (χ2v) is 12.3. The number of nitrogens with zero attached hydrogens (tertiary/aromatic N) is 5. The van der Waals surface area contributed by atoms with Gasteiger partial charge in [0.1, 0.15) is 12.1 Å². The van der Waals surface area contributed by atoms with Crippen molar-refractivity contribution in [1.82, 2.24) is 20.1 Å². The van der Waals surface area contributed by atoms with E-state index in [1.54, 1.807) is 4.90 Å². The van der Waals surface area contributed by atoms with Gasteiger partial charge in [0.05, 0.1) is 17.1 Å². The van der Waals surface area contributed by atoms with Crippen LogP contribution >= 0.6 is 11.8 Å². The van der Waals surface area contributed by atoms with Gasteiger partial charge in [-0.2, -0.15) is 4.99 Å². The number of aromatic nitrogens is 3. The van der Waals surface area contributed by atoms with Crippen LogP contribution in [0.25, 0.3) is 17.1 Å². The maximum atomic E-state index is 13.0. The zero-order chi connectivity index (χ0) is 33.2. The van der Waals surface area contributed by atoms with Crippen molar-refractivity contribution in [3.8, 4) is 22.8 Å². The molecule has 0 saturated carbocycles. The van der Waals surface area contributed by atoms with E-state index in [0.29, 0.717) is 16.7 Å². The van der Waals surface area contributed by atoms with Gasteiger partial charge >= 0.3 is 12.4 Å². The highest BCUT2D eigenvalue weighted by Gasteiger charge is 2.33. The van der Waals surface area contributed by atoms with Crippen molar-refractivity contribution in [3.05, 3.63) is 89.7 Å². The molecule has 0 spiro atoms. The predicted octanol–water partition coefficient (Wildman–Crippen LogP) is 7.60. The summed E-state index contributed by atoms with van der Waals surface area (Å²) in [4.78, 5) is 36.1. The molecule has 3 amide bonds. The SMILES string of the molecule is Cc1ccc(C(C)C)c(N2C(=O)CSC2=NC(=O)NC(C)C(C)c2ccc(-c3ncn(-c4ccc(OC(F)(F)F)cc4)n3)cc2)c1. The van der Waals surface area contributed by atoms with Crippen LogP contribution in [0.4, 0.5) is 23.7 Å². The summed E-state index contributed by atoms with van der Waals surface area (Å²) in [7, 11) is 0. The van der Waals surface area contributed by atoms with Crippen LogP contribution in [0.3, 0.4) is 0 Å². The number of ether oxygens (including phenoxy) is 1. The lowest BCUT2D eigenvalue weighted by atomic mass is 9.93. The summed E-state index contributed by atoms with van der Waals surface area (Å²) in [6.07, 6.45) is -3.29. The Balaban J connectivity index is 1.24. The number of carbonyl (C=O) groups is 2. The molecule has 1 aromatic heterocycles. The summed E-state index contributed by atoms with van der Waals surface area (Å²) in [5.74, 6) is 0.334. The van der Waals surface area contributed by atoms with Crippen LogP contribution in [0.5, 0.6) is 5.75 Å². The second-order valence-electron chi connectivity index (χ2n) is 11.3. The normalized spacial score (nSPS) is 15.8. The van der Waals surface area contributed by atoms with Crippen molar-refractivity contribution in [2.24, 2.45) is 4.99 Å². The molecule has 2 atom stereocenters. The Kier molecular flexibility index (Phi) is 9.52. The van der Waals surface area contributed by atoms with E-state index in [9.17, 15) is 22.8 Å². The predicted molar refractivity (Wildman–Crippen MR) is 173 cm³/mol. The van der Waals surface area contributed by atoms with Crippen molar-refractivity contribution in [2.75, 3.05) is 10.7 Å². The zero-order valence-corrected chi connectivity index (χ0v) is 26.7. The summed E-state index contributed by atoms with van der Waals surface area (Å²) in [5, 5.41) is 7.75. The number of hydrogen-bond acceptors (Lipinski definition) is 6. The number of halogens is 3. The fourth-order valence-corrected chi connectivity index (χ4v) is 5.86. The van der Waals surface area contributed by atoms with Gasteiger partial charge in [-0.05, 0) is 66.8 Å². The smallest absolute Gasteiger partial charge is 0.406 e. The third-order valence-electron chi connectivity index (χ3n) is 7.63. The van der Waals surface area contributed by atoms with E-state index in [0.717, 1.165) is 27.9 Å². The summed E-state index contributed by atoms with van der Waals surface area (Å²) in [6.45, 7) is 9.98. The van der Waals surface area contributed by atoms with Gasteiger partial charge in [0.2, 0.25) is 5.91 Å². The fraction of sp³-hybridized carbons (Fsp3) is 0.303. The van der Waals surface area contributed by atoms with E-state index in [1.807, 2.05) is 63.2 Å². The lowest BCUT2D eigenvalue weighted by Gasteiger charge is -2.23. The Morgan fingerprint density at radius 3 is 2.37 bits per heavy atom. The van der Waals surface area contributed by atoms with Crippen molar-refractivity contribution in [2.45, 2.75) is 58.9 Å². The number of benzene rings is 3. The van der Waals surface area contributed by atoms with Crippen LogP contribution in [0, 0.1) is 6.92 Å². The lowest BCUT2D eigenvalue weighted by Crippen LogP contribution is -2.36. The molecule has 13 heteroatoms. The molecule has 46 heavy (non-hydrogen) atoms. The molecule has 4 aromatic rings. The van der Waals surface area contributed by atoms with E-state index in [-0.39, 0.29) is 35.3 Å². The molecule has 1 N–H and O–H groups in total. The minimum atomic E-state index is -4.76. The molecular formula is C33H33F3N6O3S. The Bertz CT molecular complexity index is 1750. The minimum absolute atomic E-state index is 0.0700. The number of hydrogen-bond donors (Lipinski definition) is 1. The molecule has 0 radical (unpaired) electrons. The molecule has 1 saturated heterocycles. The number of amides is 3. The Morgan fingerprint density at radius 1 is 1.02 bits per heavy atom. The van der Waals surface area contributed by atoms with Crippen molar-refractivity contribution < 1.29 is 27.5 Å². The first kappa shape index (κ1) is 32.7. The first-order valence-electron chi connectivity index (χ1n) is 14.6. The molecule has 240 valence electrons. The molecule has 1 fully saturated rings. The molecule has 2 heterocycles. The zero-order valence-electron chi connectivity index (χ0n) is 25.9. The van der Waals surface area contributed by atoms with Gasteiger partial charge in [-0.15, -0.1) is 18.3 Å². The standard InChI is InChI=1S/C33H33F3N6O3S/c1-19(2)27-15-6-20(3)16-28(27)42-29(43)17-46-32(42)39-31(44)38-22(5)21(4)23-7-9-24(10-8-23)30-37-18-41(40-30)25-11-13-26(14-12-25)45-33(34,35)36/h6-16,18-19,21-22H,17H2,1-5H3,(H,38,44). The number of aliphatic imine (C=N–C) groups is 1. The van der Waals surface area contributed by atoms with E-state index in [4.69, 9.17) is 0 Å². The molecule has 2 unspecified atom stereocenters. The third-order valence-corrected chi connectivity index (χ3v) is 8.56. The van der Waals surface area contributed by atoms with E-state index >= 15 is 0 Å². The number of urea groups is 1. The van der Waals surface area contributed by atoms with Gasteiger partial charge in [-0.25, -0.2) is 14.5 Å². The molecule has 9 nitrogen and oxygen atoms in total. The Hall–Kier alpha value is -4.65. The molecule has 0 bridgehead atoms. The van der Waals surface area contributed by atoms with Crippen LogP contribution in [0.1, 0.15) is 56.2 Å². The average molecular weight is 651 g/mol. The first-order valence-corrected chi connectivity index (χ1v) is 15.6. The highest BCUT2D eigenvalue weighted by atomic mass is 32.2. The number of amidine groups is 1. The summed E-state index contributed by atoms with van der Waals surface area (Å²) >= 11 is 1.25. The number of anilines is 1. The number of nitrogens with one attached hydrogen (secondary N) is 1. The summed E-state index contributed by atoms with van der Waals surface area (Å²) in [6, 6.07) is 18.1. The number of carbonyl (C=O) groups excluding carboxylic acids is 2. The Labute approximate surface area is 268 Å². The van der Waals surface area contributed by atoms with E-state index in [1.165, 1.54) is 47.0 Å². The Morgan fingerprint density at radius 2 is 1.72 bits per heavy atom. The second kappa shape index (κ2) is 13.4. The van der Waals surface area contributed by atoms with Crippen molar-refractivity contribution >= 4 is 34.6 Å². The van der Waals surface area contributed by atoms with Crippen LogP contribution in [-0.4, -0.2) is 50.0 Å². The summed E-state index contributed by atoms with van der Waals surface area (Å²) in [5.41, 5.74) is 5.02. The van der Waals surface area contributed by atoms with Crippen LogP contribution in [0.2, 0.25) is 0 Å². The molecule has 5 rings (SSSR count). The van der Waals surface area contributed by atoms with E-state index in [2.05, 4.69) is 39.0 Å². The van der Waals surface area contributed by atoms with E-state index < -0.39 is 12.4 Å². The van der Waals surface area contributed by atoms with Gasteiger partial charge in [0, 0.05) is 17.5 Å². The van der Waals surface area contributed by atoms with Gasteiger partial charge < -0.3 is 10.1 Å². The molecule has 1 aliphatic heterocycles. The quantitative estimate of drug-likeness (QED) is 0.211. The van der Waals surface area contributed by atoms with Crippen molar-refractivity contribution in [3.63, 3.8) is 0 Å².